The smallest absolute Gasteiger partial charge is 0.201 e. The SMILES string of the molecule is [O-]/[N+](=C\c1ccccc1)[C@H]1c2c(ccc3ccccc23)OC[C@H]1CO. The van der Waals surface area contributed by atoms with Crippen molar-refractivity contribution in [3.8, 4) is 5.75 Å². The van der Waals surface area contributed by atoms with Crippen LogP contribution in [-0.2, 0) is 0 Å². The van der Waals surface area contributed by atoms with E-state index in [0.29, 0.717) is 6.61 Å². The van der Waals surface area contributed by atoms with Crippen molar-refractivity contribution in [1.29, 1.82) is 0 Å². The summed E-state index contributed by atoms with van der Waals surface area (Å²) in [6, 6.07) is 20.9. The van der Waals surface area contributed by atoms with E-state index in [1.165, 1.54) is 0 Å². The summed E-state index contributed by atoms with van der Waals surface area (Å²) in [5, 5.41) is 24.9. The topological polar surface area (TPSA) is 55.5 Å². The van der Waals surface area contributed by atoms with Crippen LogP contribution in [0, 0.1) is 11.1 Å². The van der Waals surface area contributed by atoms with Gasteiger partial charge in [-0.1, -0.05) is 48.5 Å². The van der Waals surface area contributed by atoms with Crippen molar-refractivity contribution in [1.82, 2.24) is 0 Å². The number of aliphatic hydroxyl groups is 1. The average molecular weight is 333 g/mol. The largest absolute Gasteiger partial charge is 0.623 e. The van der Waals surface area contributed by atoms with E-state index in [0.717, 1.165) is 32.4 Å². The van der Waals surface area contributed by atoms with Gasteiger partial charge in [-0.2, -0.15) is 0 Å². The second-order valence-electron chi connectivity index (χ2n) is 6.30. The molecule has 3 aromatic carbocycles. The van der Waals surface area contributed by atoms with Crippen molar-refractivity contribution in [2.45, 2.75) is 6.04 Å². The molecule has 1 aliphatic rings. The standard InChI is InChI=1S/C21H19NO3/c23-13-17-14-25-19-11-10-16-8-4-5-9-18(16)20(19)21(17)22(24)12-15-6-2-1-3-7-15/h1-12,17,21,23H,13-14H2/b22-12-/t17-,21-/m1/s1. The van der Waals surface area contributed by atoms with Crippen LogP contribution in [0.5, 0.6) is 5.75 Å². The summed E-state index contributed by atoms with van der Waals surface area (Å²) < 4.78 is 6.79. The zero-order valence-electron chi connectivity index (χ0n) is 13.7. The first-order valence-electron chi connectivity index (χ1n) is 8.38. The maximum Gasteiger partial charge on any atom is 0.201 e. The zero-order chi connectivity index (χ0) is 17.2. The average Bonchev–Trinajstić information content (AvgIpc) is 2.67. The molecule has 3 aromatic rings. The van der Waals surface area contributed by atoms with Gasteiger partial charge in [-0.15, -0.1) is 0 Å². The number of ether oxygens (including phenoxy) is 1. The molecule has 0 aromatic heterocycles. The van der Waals surface area contributed by atoms with Crippen LogP contribution in [-0.4, -0.2) is 29.3 Å². The maximum atomic E-state index is 13.0. The summed E-state index contributed by atoms with van der Waals surface area (Å²) in [6.07, 6.45) is 1.59. The summed E-state index contributed by atoms with van der Waals surface area (Å²) in [5.74, 6) is 0.437. The maximum absolute atomic E-state index is 13.0. The fourth-order valence-electron chi connectivity index (χ4n) is 3.48. The molecular formula is C21H19NO3. The van der Waals surface area contributed by atoms with Crippen molar-refractivity contribution < 1.29 is 14.6 Å². The fraction of sp³-hybridized carbons (Fsp3) is 0.190. The molecule has 0 aliphatic carbocycles. The molecule has 0 saturated carbocycles. The van der Waals surface area contributed by atoms with Gasteiger partial charge in [-0.3, -0.25) is 0 Å². The lowest BCUT2D eigenvalue weighted by atomic mass is 9.87. The van der Waals surface area contributed by atoms with E-state index < -0.39 is 6.04 Å². The molecule has 4 rings (SSSR count). The van der Waals surface area contributed by atoms with Crippen LogP contribution in [0.3, 0.4) is 0 Å². The Balaban J connectivity index is 1.89. The van der Waals surface area contributed by atoms with E-state index in [1.807, 2.05) is 66.7 Å². The number of benzene rings is 3. The predicted octanol–water partition coefficient (Wildman–Crippen LogP) is 3.51. The van der Waals surface area contributed by atoms with Crippen LogP contribution in [0.4, 0.5) is 0 Å². The second kappa shape index (κ2) is 6.57. The predicted molar refractivity (Wildman–Crippen MR) is 98.0 cm³/mol. The van der Waals surface area contributed by atoms with Gasteiger partial charge in [0.15, 0.2) is 6.21 Å². The van der Waals surface area contributed by atoms with Crippen LogP contribution in [0.2, 0.25) is 0 Å². The number of rotatable bonds is 3. The highest BCUT2D eigenvalue weighted by Gasteiger charge is 2.38. The zero-order valence-corrected chi connectivity index (χ0v) is 13.7. The summed E-state index contributed by atoms with van der Waals surface area (Å²) >= 11 is 0. The minimum absolute atomic E-state index is 0.102. The Labute approximate surface area is 146 Å². The number of nitrogens with zero attached hydrogens (tertiary/aromatic N) is 1. The Morgan fingerprint density at radius 2 is 1.80 bits per heavy atom. The van der Waals surface area contributed by atoms with Crippen molar-refractivity contribution >= 4 is 17.0 Å². The molecule has 0 saturated heterocycles. The van der Waals surface area contributed by atoms with E-state index in [-0.39, 0.29) is 12.5 Å². The second-order valence-corrected chi connectivity index (χ2v) is 6.30. The lowest BCUT2D eigenvalue weighted by Crippen LogP contribution is -2.34. The molecule has 1 N–H and O–H groups in total. The van der Waals surface area contributed by atoms with Gasteiger partial charge in [0, 0.05) is 5.56 Å². The van der Waals surface area contributed by atoms with Crippen molar-refractivity contribution in [3.05, 3.63) is 83.1 Å². The minimum atomic E-state index is -0.486. The lowest BCUT2D eigenvalue weighted by molar-refractivity contribution is -0.517. The van der Waals surface area contributed by atoms with Crippen LogP contribution in [0.25, 0.3) is 10.8 Å². The molecule has 25 heavy (non-hydrogen) atoms. The van der Waals surface area contributed by atoms with Crippen LogP contribution in [0.1, 0.15) is 17.2 Å². The normalized spacial score (nSPS) is 20.1. The first kappa shape index (κ1) is 15.7. The quantitative estimate of drug-likeness (QED) is 0.345. The number of hydrogen-bond acceptors (Lipinski definition) is 3. The summed E-state index contributed by atoms with van der Waals surface area (Å²) in [5.41, 5.74) is 1.69. The van der Waals surface area contributed by atoms with Gasteiger partial charge in [0.1, 0.15) is 12.4 Å². The van der Waals surface area contributed by atoms with Crippen LogP contribution < -0.4 is 4.74 Å². The molecule has 0 amide bonds. The first-order valence-corrected chi connectivity index (χ1v) is 8.38. The Morgan fingerprint density at radius 1 is 1.04 bits per heavy atom. The number of hydroxylamine groups is 1. The molecule has 4 heteroatoms. The molecule has 0 radical (unpaired) electrons. The van der Waals surface area contributed by atoms with Gasteiger partial charge >= 0.3 is 0 Å². The summed E-state index contributed by atoms with van der Waals surface area (Å²) in [7, 11) is 0. The molecule has 0 spiro atoms. The Morgan fingerprint density at radius 3 is 2.60 bits per heavy atom. The van der Waals surface area contributed by atoms with Crippen LogP contribution >= 0.6 is 0 Å². The van der Waals surface area contributed by atoms with Gasteiger partial charge in [0.2, 0.25) is 6.04 Å². The summed E-state index contributed by atoms with van der Waals surface area (Å²) in [4.78, 5) is 0. The number of aliphatic hydroxyl groups excluding tert-OH is 1. The monoisotopic (exact) mass is 333 g/mol. The Bertz CT molecular complexity index is 921. The van der Waals surface area contributed by atoms with Gasteiger partial charge in [-0.25, -0.2) is 4.74 Å². The molecule has 126 valence electrons. The van der Waals surface area contributed by atoms with Crippen LogP contribution in [0.15, 0.2) is 66.7 Å². The van der Waals surface area contributed by atoms with Gasteiger partial charge in [-0.05, 0) is 29.0 Å². The van der Waals surface area contributed by atoms with E-state index in [4.69, 9.17) is 4.74 Å². The highest BCUT2D eigenvalue weighted by atomic mass is 16.5. The van der Waals surface area contributed by atoms with Gasteiger partial charge in [0.25, 0.3) is 0 Å². The lowest BCUT2D eigenvalue weighted by Gasteiger charge is -2.31. The molecule has 4 nitrogen and oxygen atoms in total. The number of fused-ring (bicyclic) bond motifs is 3. The molecule has 0 unspecified atom stereocenters. The van der Waals surface area contributed by atoms with E-state index >= 15 is 0 Å². The highest BCUT2D eigenvalue weighted by Crippen LogP contribution is 2.41. The molecule has 0 fully saturated rings. The molecule has 1 heterocycles. The third-order valence-corrected chi connectivity index (χ3v) is 4.71. The van der Waals surface area contributed by atoms with E-state index in [2.05, 4.69) is 0 Å². The van der Waals surface area contributed by atoms with Crippen molar-refractivity contribution in [3.63, 3.8) is 0 Å². The van der Waals surface area contributed by atoms with Crippen molar-refractivity contribution in [2.24, 2.45) is 5.92 Å². The highest BCUT2D eigenvalue weighted by molar-refractivity contribution is 5.88. The molecule has 0 bridgehead atoms. The third kappa shape index (κ3) is 2.85. The van der Waals surface area contributed by atoms with E-state index in [1.54, 1.807) is 6.21 Å². The van der Waals surface area contributed by atoms with Gasteiger partial charge < -0.3 is 15.1 Å². The number of hydrogen-bond donors (Lipinski definition) is 1. The minimum Gasteiger partial charge on any atom is -0.623 e. The first-order chi connectivity index (χ1) is 12.3. The third-order valence-electron chi connectivity index (χ3n) is 4.71. The molecule has 1 aliphatic heterocycles. The Hall–Kier alpha value is -2.85. The summed E-state index contributed by atoms with van der Waals surface area (Å²) in [6.45, 7) is 0.225. The molecule has 2 atom stereocenters. The Kier molecular flexibility index (Phi) is 4.12. The molecular weight excluding hydrogens is 314 g/mol. The van der Waals surface area contributed by atoms with Gasteiger partial charge in [0.05, 0.1) is 18.1 Å². The van der Waals surface area contributed by atoms with E-state index in [9.17, 15) is 10.3 Å². The fourth-order valence-corrected chi connectivity index (χ4v) is 3.48. The van der Waals surface area contributed by atoms with Crippen molar-refractivity contribution in [2.75, 3.05) is 13.2 Å².